The molecule has 0 atom stereocenters. The van der Waals surface area contributed by atoms with Gasteiger partial charge in [-0.05, 0) is 20.8 Å². The molecule has 0 bridgehead atoms. The number of nitrogens with one attached hydrogen (secondary N) is 1. The van der Waals surface area contributed by atoms with Gasteiger partial charge in [0.15, 0.2) is 11.6 Å². The molecule has 0 saturated carbocycles. The van der Waals surface area contributed by atoms with E-state index in [1.807, 2.05) is 13.8 Å². The number of aromatic nitrogens is 1. The first kappa shape index (κ1) is 10.3. The van der Waals surface area contributed by atoms with Gasteiger partial charge in [-0.15, -0.1) is 0 Å². The SMILES string of the molecule is Cc1c(Cl)cnc(NC(C)C)c1F. The van der Waals surface area contributed by atoms with Crippen LogP contribution in [-0.2, 0) is 0 Å². The molecule has 1 N–H and O–H groups in total. The van der Waals surface area contributed by atoms with Crippen molar-refractivity contribution < 1.29 is 4.39 Å². The zero-order chi connectivity index (χ0) is 10.0. The largest absolute Gasteiger partial charge is 0.365 e. The molecule has 0 unspecified atom stereocenters. The fourth-order valence-corrected chi connectivity index (χ4v) is 1.06. The third-order valence-corrected chi connectivity index (χ3v) is 2.01. The van der Waals surface area contributed by atoms with Gasteiger partial charge in [-0.2, -0.15) is 0 Å². The van der Waals surface area contributed by atoms with E-state index in [4.69, 9.17) is 11.6 Å². The predicted molar refractivity (Wildman–Crippen MR) is 52.7 cm³/mol. The predicted octanol–water partition coefficient (Wildman–Crippen LogP) is 3.00. The van der Waals surface area contributed by atoms with Crippen LogP contribution in [-0.4, -0.2) is 11.0 Å². The summed E-state index contributed by atoms with van der Waals surface area (Å²) in [5.74, 6) is -0.113. The third-order valence-electron chi connectivity index (χ3n) is 1.63. The second-order valence-electron chi connectivity index (χ2n) is 3.19. The summed E-state index contributed by atoms with van der Waals surface area (Å²) in [6.45, 7) is 5.47. The molecule has 4 heteroatoms. The third kappa shape index (κ3) is 2.31. The lowest BCUT2D eigenvalue weighted by molar-refractivity contribution is 0.612. The molecule has 1 aromatic rings. The van der Waals surface area contributed by atoms with E-state index in [1.165, 1.54) is 6.20 Å². The van der Waals surface area contributed by atoms with Gasteiger partial charge in [-0.1, -0.05) is 11.6 Å². The molecule has 0 aliphatic carbocycles. The standard InChI is InChI=1S/C9H12ClFN2/c1-5(2)13-9-8(11)6(3)7(10)4-12-9/h4-5H,1-3H3,(H,12,13). The van der Waals surface area contributed by atoms with Crippen molar-refractivity contribution in [1.82, 2.24) is 4.98 Å². The number of rotatable bonds is 2. The Bertz CT molecular complexity index is 313. The summed E-state index contributed by atoms with van der Waals surface area (Å²) in [6, 6.07) is 0.155. The van der Waals surface area contributed by atoms with Crippen LogP contribution in [0.1, 0.15) is 19.4 Å². The summed E-state index contributed by atoms with van der Waals surface area (Å²) in [4.78, 5) is 3.86. The van der Waals surface area contributed by atoms with Crippen molar-refractivity contribution in [2.24, 2.45) is 0 Å². The smallest absolute Gasteiger partial charge is 0.169 e. The van der Waals surface area contributed by atoms with Gasteiger partial charge in [0.05, 0.1) is 5.02 Å². The Morgan fingerprint density at radius 2 is 2.15 bits per heavy atom. The van der Waals surface area contributed by atoms with Crippen molar-refractivity contribution in [1.29, 1.82) is 0 Å². The monoisotopic (exact) mass is 202 g/mol. The summed E-state index contributed by atoms with van der Waals surface area (Å²) in [5, 5.41) is 3.25. The quantitative estimate of drug-likeness (QED) is 0.798. The zero-order valence-corrected chi connectivity index (χ0v) is 8.61. The molecule has 13 heavy (non-hydrogen) atoms. The Balaban J connectivity index is 3.04. The topological polar surface area (TPSA) is 24.9 Å². The van der Waals surface area contributed by atoms with Crippen molar-refractivity contribution in [3.05, 3.63) is 22.6 Å². The van der Waals surface area contributed by atoms with Gasteiger partial charge in [0.2, 0.25) is 0 Å². The molecule has 0 amide bonds. The molecule has 0 saturated heterocycles. The summed E-state index contributed by atoms with van der Waals surface area (Å²) in [6.07, 6.45) is 1.45. The summed E-state index contributed by atoms with van der Waals surface area (Å²) < 4.78 is 13.4. The average Bonchev–Trinajstić information content (AvgIpc) is 2.06. The number of hydrogen-bond acceptors (Lipinski definition) is 2. The molecule has 0 fully saturated rings. The molecule has 0 aromatic carbocycles. The van der Waals surface area contributed by atoms with E-state index >= 15 is 0 Å². The van der Waals surface area contributed by atoms with E-state index in [0.717, 1.165) is 0 Å². The Morgan fingerprint density at radius 3 is 2.69 bits per heavy atom. The molecule has 0 aliphatic rings. The van der Waals surface area contributed by atoms with Gasteiger partial charge in [0.1, 0.15) is 0 Å². The van der Waals surface area contributed by atoms with E-state index in [9.17, 15) is 4.39 Å². The Morgan fingerprint density at radius 1 is 1.54 bits per heavy atom. The molecule has 1 heterocycles. The number of anilines is 1. The van der Waals surface area contributed by atoms with Crippen LogP contribution in [0.4, 0.5) is 10.2 Å². The molecular formula is C9H12ClFN2. The van der Waals surface area contributed by atoms with Crippen LogP contribution in [0.5, 0.6) is 0 Å². The van der Waals surface area contributed by atoms with Gasteiger partial charge >= 0.3 is 0 Å². The summed E-state index contributed by atoms with van der Waals surface area (Å²) >= 11 is 5.69. The Hall–Kier alpha value is -0.830. The highest BCUT2D eigenvalue weighted by Crippen LogP contribution is 2.22. The van der Waals surface area contributed by atoms with Crippen molar-refractivity contribution in [3.63, 3.8) is 0 Å². The van der Waals surface area contributed by atoms with Crippen molar-refractivity contribution in [2.75, 3.05) is 5.32 Å². The van der Waals surface area contributed by atoms with E-state index in [2.05, 4.69) is 10.3 Å². The van der Waals surface area contributed by atoms with Crippen molar-refractivity contribution in [3.8, 4) is 0 Å². The maximum absolute atomic E-state index is 13.4. The molecule has 1 rings (SSSR count). The van der Waals surface area contributed by atoms with E-state index in [0.29, 0.717) is 10.6 Å². The summed E-state index contributed by atoms with van der Waals surface area (Å²) in [5.41, 5.74) is 0.430. The normalized spacial score (nSPS) is 10.6. The van der Waals surface area contributed by atoms with Crippen LogP contribution in [0.3, 0.4) is 0 Å². The fraction of sp³-hybridized carbons (Fsp3) is 0.444. The second-order valence-corrected chi connectivity index (χ2v) is 3.60. The minimum absolute atomic E-state index is 0.155. The highest BCUT2D eigenvalue weighted by Gasteiger charge is 2.10. The van der Waals surface area contributed by atoms with Crippen LogP contribution < -0.4 is 5.32 Å². The second kappa shape index (κ2) is 3.92. The molecule has 0 spiro atoms. The lowest BCUT2D eigenvalue weighted by Crippen LogP contribution is -2.13. The number of pyridine rings is 1. The maximum Gasteiger partial charge on any atom is 0.169 e. The molecule has 1 aromatic heterocycles. The van der Waals surface area contributed by atoms with E-state index in [1.54, 1.807) is 6.92 Å². The molecular weight excluding hydrogens is 191 g/mol. The van der Waals surface area contributed by atoms with Gasteiger partial charge in [0, 0.05) is 17.8 Å². The molecule has 0 aliphatic heterocycles. The van der Waals surface area contributed by atoms with Crippen LogP contribution in [0, 0.1) is 12.7 Å². The van der Waals surface area contributed by atoms with Gasteiger partial charge in [0.25, 0.3) is 0 Å². The summed E-state index contributed by atoms with van der Waals surface area (Å²) in [7, 11) is 0. The van der Waals surface area contributed by atoms with Gasteiger partial charge in [-0.3, -0.25) is 0 Å². The van der Waals surface area contributed by atoms with Crippen LogP contribution in [0.15, 0.2) is 6.20 Å². The maximum atomic E-state index is 13.4. The average molecular weight is 203 g/mol. The minimum Gasteiger partial charge on any atom is -0.365 e. The number of nitrogens with zero attached hydrogens (tertiary/aromatic N) is 1. The van der Waals surface area contributed by atoms with Crippen molar-refractivity contribution in [2.45, 2.75) is 26.8 Å². The zero-order valence-electron chi connectivity index (χ0n) is 7.86. The number of halogens is 2. The van der Waals surface area contributed by atoms with Crippen LogP contribution in [0.2, 0.25) is 5.02 Å². The minimum atomic E-state index is -0.374. The van der Waals surface area contributed by atoms with E-state index in [-0.39, 0.29) is 17.7 Å². The number of hydrogen-bond donors (Lipinski definition) is 1. The van der Waals surface area contributed by atoms with E-state index < -0.39 is 0 Å². The first-order chi connectivity index (χ1) is 6.02. The first-order valence-corrected chi connectivity index (χ1v) is 4.47. The fourth-order valence-electron chi connectivity index (χ4n) is 0.931. The van der Waals surface area contributed by atoms with Gasteiger partial charge < -0.3 is 5.32 Å². The van der Waals surface area contributed by atoms with Crippen LogP contribution >= 0.6 is 11.6 Å². The molecule has 0 radical (unpaired) electrons. The molecule has 72 valence electrons. The Kier molecular flexibility index (Phi) is 3.09. The lowest BCUT2D eigenvalue weighted by Gasteiger charge is -2.11. The van der Waals surface area contributed by atoms with Crippen molar-refractivity contribution >= 4 is 17.4 Å². The highest BCUT2D eigenvalue weighted by atomic mass is 35.5. The van der Waals surface area contributed by atoms with Gasteiger partial charge in [-0.25, -0.2) is 9.37 Å². The Labute approximate surface area is 82.1 Å². The van der Waals surface area contributed by atoms with Crippen LogP contribution in [0.25, 0.3) is 0 Å². The highest BCUT2D eigenvalue weighted by molar-refractivity contribution is 6.31. The lowest BCUT2D eigenvalue weighted by atomic mass is 10.2. The molecule has 2 nitrogen and oxygen atoms in total. The first-order valence-electron chi connectivity index (χ1n) is 4.09.